The van der Waals surface area contributed by atoms with Crippen molar-refractivity contribution in [3.63, 3.8) is 0 Å². The Morgan fingerprint density at radius 3 is 2.61 bits per heavy atom. The largest absolute Gasteiger partial charge is 0.484 e. The highest BCUT2D eigenvalue weighted by Crippen LogP contribution is 2.22. The summed E-state index contributed by atoms with van der Waals surface area (Å²) in [5, 5.41) is 12.6. The molecule has 1 atom stereocenters. The van der Waals surface area contributed by atoms with Gasteiger partial charge in [0.05, 0.1) is 0 Å². The molecule has 3 aromatic rings. The molecule has 1 aromatic heterocycles. The molecule has 3 rings (SSSR count). The second-order valence-electron chi connectivity index (χ2n) is 6.34. The molecular weight excluding hydrogens is 362 g/mol. The topological polar surface area (TPSA) is 106 Å². The molecule has 144 valence electrons. The van der Waals surface area contributed by atoms with Crippen LogP contribution in [0.1, 0.15) is 11.1 Å². The van der Waals surface area contributed by atoms with Crippen molar-refractivity contribution in [1.82, 2.24) is 5.32 Å². The number of nitrogens with one attached hydrogen (secondary N) is 1. The molecule has 0 aliphatic rings. The van der Waals surface area contributed by atoms with Crippen LogP contribution >= 0.6 is 0 Å². The predicted octanol–water partition coefficient (Wildman–Crippen LogP) is 2.29. The number of amides is 1. The van der Waals surface area contributed by atoms with E-state index in [1.54, 1.807) is 43.3 Å². The van der Waals surface area contributed by atoms with Crippen LogP contribution in [-0.4, -0.2) is 29.6 Å². The minimum Gasteiger partial charge on any atom is -0.484 e. The summed E-state index contributed by atoms with van der Waals surface area (Å²) in [7, 11) is 0. The van der Waals surface area contributed by atoms with Gasteiger partial charge in [-0.05, 0) is 30.2 Å². The standard InChI is InChI=1S/C21H19NO6/c1-13-9-20(24)28-18-11-15(7-8-16(13)18)27-12-19(23)22-17(21(25)26)10-14-5-3-2-4-6-14/h2-9,11,17H,10,12H2,1H3,(H,22,23)(H,25,26)/t17-/m1/s1. The number of carboxylic acids is 1. The van der Waals surface area contributed by atoms with Crippen LogP contribution in [0.25, 0.3) is 11.0 Å². The first kappa shape index (κ1) is 19.2. The molecule has 0 aliphatic carbocycles. The van der Waals surface area contributed by atoms with Gasteiger partial charge in [-0.1, -0.05) is 30.3 Å². The normalized spacial score (nSPS) is 11.8. The zero-order valence-electron chi connectivity index (χ0n) is 15.2. The Balaban J connectivity index is 1.63. The van der Waals surface area contributed by atoms with Gasteiger partial charge in [0.25, 0.3) is 5.91 Å². The number of hydrogen-bond donors (Lipinski definition) is 2. The van der Waals surface area contributed by atoms with E-state index in [2.05, 4.69) is 5.32 Å². The van der Waals surface area contributed by atoms with E-state index in [0.29, 0.717) is 11.3 Å². The molecule has 2 N–H and O–H groups in total. The number of aliphatic carboxylic acids is 1. The smallest absolute Gasteiger partial charge is 0.336 e. The fourth-order valence-corrected chi connectivity index (χ4v) is 2.83. The van der Waals surface area contributed by atoms with Crippen LogP contribution in [0.5, 0.6) is 5.75 Å². The van der Waals surface area contributed by atoms with E-state index in [1.165, 1.54) is 12.1 Å². The van der Waals surface area contributed by atoms with Crippen LogP contribution in [0.2, 0.25) is 0 Å². The molecule has 0 unspecified atom stereocenters. The van der Waals surface area contributed by atoms with Gasteiger partial charge < -0.3 is 19.6 Å². The van der Waals surface area contributed by atoms with Gasteiger partial charge in [0.15, 0.2) is 6.61 Å². The van der Waals surface area contributed by atoms with Crippen LogP contribution in [0.4, 0.5) is 0 Å². The number of carboxylic acid groups (broad SMARTS) is 1. The Kier molecular flexibility index (Phi) is 5.74. The van der Waals surface area contributed by atoms with Gasteiger partial charge in [0.1, 0.15) is 17.4 Å². The number of benzene rings is 2. The number of rotatable bonds is 7. The van der Waals surface area contributed by atoms with Gasteiger partial charge in [-0.15, -0.1) is 0 Å². The van der Waals surface area contributed by atoms with Crippen LogP contribution in [0.3, 0.4) is 0 Å². The summed E-state index contributed by atoms with van der Waals surface area (Å²) in [6, 6.07) is 14.3. The molecule has 7 heteroatoms. The van der Waals surface area contributed by atoms with Crippen molar-refractivity contribution in [2.75, 3.05) is 6.61 Å². The van der Waals surface area contributed by atoms with E-state index >= 15 is 0 Å². The Labute approximate surface area is 160 Å². The van der Waals surface area contributed by atoms with Crippen molar-refractivity contribution in [2.24, 2.45) is 0 Å². The van der Waals surface area contributed by atoms with Crippen LogP contribution in [0, 0.1) is 6.92 Å². The van der Waals surface area contributed by atoms with E-state index < -0.39 is 23.5 Å². The Hall–Kier alpha value is -3.61. The second kappa shape index (κ2) is 8.39. The number of carbonyl (C=O) groups is 2. The summed E-state index contributed by atoms with van der Waals surface area (Å²) in [4.78, 5) is 35.0. The predicted molar refractivity (Wildman–Crippen MR) is 102 cm³/mol. The van der Waals surface area contributed by atoms with Crippen molar-refractivity contribution in [1.29, 1.82) is 0 Å². The summed E-state index contributed by atoms with van der Waals surface area (Å²) in [5.74, 6) is -1.35. The lowest BCUT2D eigenvalue weighted by Gasteiger charge is -2.15. The summed E-state index contributed by atoms with van der Waals surface area (Å²) in [6.07, 6.45) is 0.169. The first-order chi connectivity index (χ1) is 13.4. The van der Waals surface area contributed by atoms with Gasteiger partial charge in [0, 0.05) is 23.9 Å². The molecular formula is C21H19NO6. The van der Waals surface area contributed by atoms with Gasteiger partial charge >= 0.3 is 11.6 Å². The summed E-state index contributed by atoms with van der Waals surface area (Å²) >= 11 is 0. The molecule has 0 radical (unpaired) electrons. The van der Waals surface area contributed by atoms with Gasteiger partial charge in [-0.2, -0.15) is 0 Å². The fourth-order valence-electron chi connectivity index (χ4n) is 2.83. The Morgan fingerprint density at radius 1 is 1.14 bits per heavy atom. The maximum absolute atomic E-state index is 12.1. The first-order valence-corrected chi connectivity index (χ1v) is 8.66. The number of carbonyl (C=O) groups excluding carboxylic acids is 1. The molecule has 0 saturated heterocycles. The monoisotopic (exact) mass is 381 g/mol. The lowest BCUT2D eigenvalue weighted by atomic mass is 10.1. The van der Waals surface area contributed by atoms with Crippen molar-refractivity contribution in [3.8, 4) is 5.75 Å². The number of fused-ring (bicyclic) bond motifs is 1. The van der Waals surface area contributed by atoms with E-state index in [1.807, 2.05) is 6.07 Å². The van der Waals surface area contributed by atoms with Crippen molar-refractivity contribution >= 4 is 22.8 Å². The highest BCUT2D eigenvalue weighted by atomic mass is 16.5. The minimum absolute atomic E-state index is 0.169. The van der Waals surface area contributed by atoms with Gasteiger partial charge in [-0.3, -0.25) is 4.79 Å². The van der Waals surface area contributed by atoms with Crippen molar-refractivity contribution < 1.29 is 23.8 Å². The molecule has 0 aliphatic heterocycles. The SMILES string of the molecule is Cc1cc(=O)oc2cc(OCC(=O)N[C@H](Cc3ccccc3)C(=O)O)ccc12. The molecule has 28 heavy (non-hydrogen) atoms. The van der Waals surface area contributed by atoms with Gasteiger partial charge in [0.2, 0.25) is 0 Å². The number of ether oxygens (including phenoxy) is 1. The lowest BCUT2D eigenvalue weighted by molar-refractivity contribution is -0.142. The Morgan fingerprint density at radius 2 is 1.89 bits per heavy atom. The average molecular weight is 381 g/mol. The van der Waals surface area contributed by atoms with Crippen LogP contribution in [0.15, 0.2) is 63.8 Å². The lowest BCUT2D eigenvalue weighted by Crippen LogP contribution is -2.44. The third-order valence-electron chi connectivity index (χ3n) is 4.21. The maximum atomic E-state index is 12.1. The molecule has 1 heterocycles. The third kappa shape index (κ3) is 4.76. The molecule has 0 saturated carbocycles. The van der Waals surface area contributed by atoms with E-state index in [4.69, 9.17) is 9.15 Å². The molecule has 2 aromatic carbocycles. The highest BCUT2D eigenvalue weighted by molar-refractivity contribution is 5.85. The molecule has 7 nitrogen and oxygen atoms in total. The minimum atomic E-state index is -1.12. The zero-order chi connectivity index (χ0) is 20.1. The Bertz CT molecular complexity index is 1060. The van der Waals surface area contributed by atoms with E-state index in [0.717, 1.165) is 16.5 Å². The van der Waals surface area contributed by atoms with E-state index in [-0.39, 0.29) is 13.0 Å². The molecule has 0 bridgehead atoms. The van der Waals surface area contributed by atoms with Crippen molar-refractivity contribution in [3.05, 3.63) is 76.1 Å². The summed E-state index contributed by atoms with van der Waals surface area (Å²) in [6.45, 7) is 1.44. The molecule has 0 fully saturated rings. The average Bonchev–Trinajstić information content (AvgIpc) is 2.66. The molecule has 0 spiro atoms. The molecule has 1 amide bonds. The number of aryl methyl sites for hydroxylation is 1. The first-order valence-electron chi connectivity index (χ1n) is 8.66. The van der Waals surface area contributed by atoms with Crippen molar-refractivity contribution in [2.45, 2.75) is 19.4 Å². The van der Waals surface area contributed by atoms with Crippen LogP contribution < -0.4 is 15.7 Å². The van der Waals surface area contributed by atoms with Crippen LogP contribution in [-0.2, 0) is 16.0 Å². The highest BCUT2D eigenvalue weighted by Gasteiger charge is 2.20. The maximum Gasteiger partial charge on any atom is 0.336 e. The zero-order valence-corrected chi connectivity index (χ0v) is 15.2. The third-order valence-corrected chi connectivity index (χ3v) is 4.21. The van der Waals surface area contributed by atoms with E-state index in [9.17, 15) is 19.5 Å². The number of hydrogen-bond acceptors (Lipinski definition) is 5. The summed E-state index contributed by atoms with van der Waals surface area (Å²) in [5.41, 5.74) is 1.47. The van der Waals surface area contributed by atoms with Gasteiger partial charge in [-0.25, -0.2) is 9.59 Å². The second-order valence-corrected chi connectivity index (χ2v) is 6.34. The quantitative estimate of drug-likeness (QED) is 0.608. The summed E-state index contributed by atoms with van der Waals surface area (Å²) < 4.78 is 10.6. The fraction of sp³-hybridized carbons (Fsp3) is 0.190.